The first-order chi connectivity index (χ1) is 8.85. The Kier molecular flexibility index (Phi) is 5.44. The van der Waals surface area contributed by atoms with Crippen LogP contribution < -0.4 is 4.72 Å². The van der Waals surface area contributed by atoms with E-state index in [4.69, 9.17) is 5.11 Å². The third-order valence-electron chi connectivity index (χ3n) is 2.50. The van der Waals surface area contributed by atoms with Gasteiger partial charge in [-0.25, -0.2) is 17.5 Å². The van der Waals surface area contributed by atoms with Crippen molar-refractivity contribution < 1.29 is 22.7 Å². The molecular formula is C12H16FNO4S. The lowest BCUT2D eigenvalue weighted by atomic mass is 10.2. The fourth-order valence-corrected chi connectivity index (χ4v) is 2.98. The van der Waals surface area contributed by atoms with Crippen LogP contribution in [-0.2, 0) is 20.6 Å². The van der Waals surface area contributed by atoms with Crippen LogP contribution in [0.3, 0.4) is 0 Å². The molecule has 7 heteroatoms. The van der Waals surface area contributed by atoms with Crippen molar-refractivity contribution in [3.8, 4) is 0 Å². The number of sulfonamides is 1. The summed E-state index contributed by atoms with van der Waals surface area (Å²) in [5.74, 6) is -2.44. The van der Waals surface area contributed by atoms with Gasteiger partial charge in [0.2, 0.25) is 10.0 Å². The van der Waals surface area contributed by atoms with Crippen molar-refractivity contribution in [1.82, 2.24) is 4.72 Å². The van der Waals surface area contributed by atoms with Gasteiger partial charge in [-0.05, 0) is 12.5 Å². The number of nitrogens with one attached hydrogen (secondary N) is 1. The molecule has 0 bridgehead atoms. The molecule has 0 spiro atoms. The number of hydrogen-bond donors (Lipinski definition) is 2. The Balaban J connectivity index is 2.81. The lowest BCUT2D eigenvalue weighted by Gasteiger charge is -2.14. The van der Waals surface area contributed by atoms with Crippen LogP contribution in [0.25, 0.3) is 0 Å². The van der Waals surface area contributed by atoms with Crippen LogP contribution in [0.5, 0.6) is 0 Å². The predicted molar refractivity (Wildman–Crippen MR) is 68.5 cm³/mol. The Labute approximate surface area is 111 Å². The van der Waals surface area contributed by atoms with Gasteiger partial charge in [-0.3, -0.25) is 4.79 Å². The minimum atomic E-state index is -3.89. The first kappa shape index (κ1) is 15.6. The Morgan fingerprint density at radius 1 is 1.42 bits per heavy atom. The van der Waals surface area contributed by atoms with Crippen LogP contribution in [-0.4, -0.2) is 25.5 Å². The van der Waals surface area contributed by atoms with Gasteiger partial charge in [-0.1, -0.05) is 31.5 Å². The summed E-state index contributed by atoms with van der Waals surface area (Å²) in [6.07, 6.45) is 0.713. The number of aliphatic carboxylic acids is 1. The molecule has 0 aromatic heterocycles. The largest absolute Gasteiger partial charge is 0.480 e. The summed E-state index contributed by atoms with van der Waals surface area (Å²) in [6.45, 7) is 1.75. The van der Waals surface area contributed by atoms with Crippen LogP contribution in [0.1, 0.15) is 25.3 Å². The lowest BCUT2D eigenvalue weighted by molar-refractivity contribution is -0.139. The fraction of sp³-hybridized carbons (Fsp3) is 0.417. The monoisotopic (exact) mass is 289 g/mol. The summed E-state index contributed by atoms with van der Waals surface area (Å²) in [6, 6.07) is 4.31. The van der Waals surface area contributed by atoms with Crippen LogP contribution in [0.2, 0.25) is 0 Å². The molecule has 19 heavy (non-hydrogen) atoms. The van der Waals surface area contributed by atoms with Gasteiger partial charge >= 0.3 is 5.97 Å². The summed E-state index contributed by atoms with van der Waals surface area (Å²) in [4.78, 5) is 10.9. The van der Waals surface area contributed by atoms with E-state index < -0.39 is 33.6 Å². The molecule has 5 nitrogen and oxygen atoms in total. The van der Waals surface area contributed by atoms with Crippen molar-refractivity contribution >= 4 is 16.0 Å². The van der Waals surface area contributed by atoms with E-state index in [1.807, 2.05) is 0 Å². The van der Waals surface area contributed by atoms with Crippen molar-refractivity contribution in [1.29, 1.82) is 0 Å². The molecule has 106 valence electrons. The highest BCUT2D eigenvalue weighted by atomic mass is 32.2. The Hall–Kier alpha value is -1.47. The molecular weight excluding hydrogens is 273 g/mol. The molecule has 0 aliphatic heterocycles. The molecule has 2 N–H and O–H groups in total. The average Bonchev–Trinajstić information content (AvgIpc) is 2.31. The normalized spacial score (nSPS) is 13.2. The zero-order valence-corrected chi connectivity index (χ0v) is 11.3. The van der Waals surface area contributed by atoms with Crippen LogP contribution in [0.4, 0.5) is 4.39 Å². The van der Waals surface area contributed by atoms with Gasteiger partial charge in [0.1, 0.15) is 11.9 Å². The maximum absolute atomic E-state index is 13.4. The molecule has 1 atom stereocenters. The van der Waals surface area contributed by atoms with Crippen molar-refractivity contribution in [3.05, 3.63) is 35.6 Å². The Morgan fingerprint density at radius 3 is 2.58 bits per heavy atom. The second kappa shape index (κ2) is 6.63. The molecule has 1 aromatic carbocycles. The SMILES string of the molecule is CCCC(NS(=O)(=O)Cc1ccccc1F)C(=O)O. The lowest BCUT2D eigenvalue weighted by Crippen LogP contribution is -2.41. The highest BCUT2D eigenvalue weighted by Crippen LogP contribution is 2.11. The number of carbonyl (C=O) groups is 1. The van der Waals surface area contributed by atoms with Crippen molar-refractivity contribution in [2.24, 2.45) is 0 Å². The number of benzene rings is 1. The van der Waals surface area contributed by atoms with Crippen LogP contribution >= 0.6 is 0 Å². The molecule has 1 rings (SSSR count). The first-order valence-corrected chi connectivity index (χ1v) is 7.47. The number of halogens is 1. The van der Waals surface area contributed by atoms with Gasteiger partial charge in [0, 0.05) is 5.56 Å². The van der Waals surface area contributed by atoms with Crippen molar-refractivity contribution in [3.63, 3.8) is 0 Å². The minimum Gasteiger partial charge on any atom is -0.480 e. The zero-order valence-electron chi connectivity index (χ0n) is 10.5. The molecule has 1 aromatic rings. The van der Waals surface area contributed by atoms with E-state index in [1.165, 1.54) is 18.2 Å². The third-order valence-corrected chi connectivity index (χ3v) is 3.84. The second-order valence-electron chi connectivity index (χ2n) is 4.15. The smallest absolute Gasteiger partial charge is 0.321 e. The third kappa shape index (κ3) is 4.96. The maximum atomic E-state index is 13.4. The molecule has 0 saturated carbocycles. The molecule has 0 heterocycles. The minimum absolute atomic E-state index is 0.00985. The Bertz CT molecular complexity index is 544. The number of carboxylic acids is 1. The first-order valence-electron chi connectivity index (χ1n) is 5.82. The number of carboxylic acid groups (broad SMARTS) is 1. The quantitative estimate of drug-likeness (QED) is 0.796. The summed E-state index contributed by atoms with van der Waals surface area (Å²) in [5, 5.41) is 8.89. The number of hydrogen-bond acceptors (Lipinski definition) is 3. The fourth-order valence-electron chi connectivity index (χ4n) is 1.60. The van der Waals surface area contributed by atoms with E-state index in [1.54, 1.807) is 6.92 Å². The standard InChI is InChI=1S/C12H16FNO4S/c1-2-5-11(12(15)16)14-19(17,18)8-9-6-3-4-7-10(9)13/h3-4,6-7,11,14H,2,5,8H2,1H3,(H,15,16). The summed E-state index contributed by atoms with van der Waals surface area (Å²) in [5.41, 5.74) is 0.00985. The highest BCUT2D eigenvalue weighted by molar-refractivity contribution is 7.88. The van der Waals surface area contributed by atoms with E-state index in [2.05, 4.69) is 4.72 Å². The van der Waals surface area contributed by atoms with Gasteiger partial charge in [0.15, 0.2) is 0 Å². The highest BCUT2D eigenvalue weighted by Gasteiger charge is 2.24. The van der Waals surface area contributed by atoms with Crippen molar-refractivity contribution in [2.75, 3.05) is 0 Å². The molecule has 0 aliphatic carbocycles. The summed E-state index contributed by atoms with van der Waals surface area (Å²) in [7, 11) is -3.89. The van der Waals surface area contributed by atoms with Gasteiger partial charge < -0.3 is 5.11 Å². The van der Waals surface area contributed by atoms with Crippen LogP contribution in [0.15, 0.2) is 24.3 Å². The van der Waals surface area contributed by atoms with E-state index in [9.17, 15) is 17.6 Å². The van der Waals surface area contributed by atoms with Crippen molar-refractivity contribution in [2.45, 2.75) is 31.6 Å². The Morgan fingerprint density at radius 2 is 2.05 bits per heavy atom. The van der Waals surface area contributed by atoms with Gasteiger partial charge in [-0.2, -0.15) is 0 Å². The number of rotatable bonds is 7. The molecule has 0 amide bonds. The maximum Gasteiger partial charge on any atom is 0.321 e. The van der Waals surface area contributed by atoms with Gasteiger partial charge in [-0.15, -0.1) is 0 Å². The summed E-state index contributed by atoms with van der Waals surface area (Å²) < 4.78 is 39.0. The second-order valence-corrected chi connectivity index (χ2v) is 5.90. The average molecular weight is 289 g/mol. The van der Waals surface area contributed by atoms with Crippen LogP contribution in [0, 0.1) is 5.82 Å². The molecule has 0 aliphatic rings. The molecule has 1 unspecified atom stereocenters. The predicted octanol–water partition coefficient (Wildman–Crippen LogP) is 1.50. The van der Waals surface area contributed by atoms with E-state index in [0.29, 0.717) is 6.42 Å². The van der Waals surface area contributed by atoms with Gasteiger partial charge in [0.05, 0.1) is 5.75 Å². The molecule has 0 fully saturated rings. The topological polar surface area (TPSA) is 83.5 Å². The van der Waals surface area contributed by atoms with E-state index in [-0.39, 0.29) is 12.0 Å². The van der Waals surface area contributed by atoms with Gasteiger partial charge in [0.25, 0.3) is 0 Å². The molecule has 0 radical (unpaired) electrons. The van der Waals surface area contributed by atoms with E-state index >= 15 is 0 Å². The molecule has 0 saturated heterocycles. The van der Waals surface area contributed by atoms with E-state index in [0.717, 1.165) is 6.07 Å². The zero-order chi connectivity index (χ0) is 14.5. The summed E-state index contributed by atoms with van der Waals surface area (Å²) >= 11 is 0.